The van der Waals surface area contributed by atoms with Crippen LogP contribution in [0.1, 0.15) is 10.4 Å². The molecule has 0 N–H and O–H groups in total. The number of hydrogen-bond donors (Lipinski definition) is 0. The van der Waals surface area contributed by atoms with Gasteiger partial charge in [0.05, 0.1) is 31.5 Å². The number of hydrogen-bond acceptors (Lipinski definition) is 5. The van der Waals surface area contributed by atoms with Gasteiger partial charge in [0.15, 0.2) is 4.80 Å². The van der Waals surface area contributed by atoms with Crippen molar-refractivity contribution in [2.75, 3.05) is 21.3 Å². The lowest BCUT2D eigenvalue weighted by Crippen LogP contribution is -2.13. The van der Waals surface area contributed by atoms with Crippen molar-refractivity contribution in [2.24, 2.45) is 12.0 Å². The molecule has 0 spiro atoms. The summed E-state index contributed by atoms with van der Waals surface area (Å²) in [5, 5.41) is 0. The van der Waals surface area contributed by atoms with E-state index in [1.54, 1.807) is 39.5 Å². The number of carbonyl (C=O) groups excluding carboxylic acids is 1. The van der Waals surface area contributed by atoms with Crippen LogP contribution in [0.5, 0.6) is 17.2 Å². The van der Waals surface area contributed by atoms with E-state index < -0.39 is 0 Å². The number of carbonyl (C=O) groups is 1. The van der Waals surface area contributed by atoms with Gasteiger partial charge in [-0.1, -0.05) is 11.3 Å². The van der Waals surface area contributed by atoms with Gasteiger partial charge in [0, 0.05) is 18.7 Å². The molecule has 0 fully saturated rings. The third kappa shape index (κ3) is 3.36. The summed E-state index contributed by atoms with van der Waals surface area (Å²) in [6.45, 7) is 0. The Kier molecular flexibility index (Phi) is 4.76. The molecule has 0 saturated heterocycles. The molecule has 0 saturated carbocycles. The highest BCUT2D eigenvalue weighted by Gasteiger charge is 2.11. The van der Waals surface area contributed by atoms with Crippen molar-refractivity contribution in [3.8, 4) is 17.2 Å². The van der Waals surface area contributed by atoms with Gasteiger partial charge in [-0.2, -0.15) is 4.99 Å². The second-order valence-electron chi connectivity index (χ2n) is 5.30. The van der Waals surface area contributed by atoms with Crippen LogP contribution < -0.4 is 19.0 Å². The van der Waals surface area contributed by atoms with Crippen molar-refractivity contribution in [1.82, 2.24) is 4.57 Å². The molecule has 0 radical (unpaired) electrons. The summed E-state index contributed by atoms with van der Waals surface area (Å²) in [7, 11) is 6.59. The number of aromatic nitrogens is 1. The summed E-state index contributed by atoms with van der Waals surface area (Å²) in [6, 6.07) is 10.8. The first-order chi connectivity index (χ1) is 12.0. The molecule has 2 aromatic carbocycles. The standard InChI is InChI=1S/C18H18N2O4S/c1-20-15-6-5-12(22-2)10-16(15)25-18(20)19-17(21)11-7-13(23-3)9-14(8-11)24-4/h5-10H,1-4H3. The maximum Gasteiger partial charge on any atom is 0.279 e. The first-order valence-corrected chi connectivity index (χ1v) is 8.33. The number of nitrogens with zero attached hydrogens (tertiary/aromatic N) is 2. The number of methoxy groups -OCH3 is 3. The minimum absolute atomic E-state index is 0.355. The van der Waals surface area contributed by atoms with Gasteiger partial charge in [-0.25, -0.2) is 0 Å². The number of rotatable bonds is 4. The van der Waals surface area contributed by atoms with Crippen molar-refractivity contribution in [2.45, 2.75) is 0 Å². The van der Waals surface area contributed by atoms with Crippen LogP contribution in [0.25, 0.3) is 10.2 Å². The van der Waals surface area contributed by atoms with E-state index in [4.69, 9.17) is 14.2 Å². The van der Waals surface area contributed by atoms with E-state index >= 15 is 0 Å². The summed E-state index contributed by atoms with van der Waals surface area (Å²) in [6.07, 6.45) is 0. The summed E-state index contributed by atoms with van der Waals surface area (Å²) in [5.74, 6) is 1.50. The maximum atomic E-state index is 12.6. The largest absolute Gasteiger partial charge is 0.497 e. The summed E-state index contributed by atoms with van der Waals surface area (Å²) < 4.78 is 18.5. The zero-order valence-corrected chi connectivity index (χ0v) is 15.2. The van der Waals surface area contributed by atoms with E-state index in [0.717, 1.165) is 16.0 Å². The quantitative estimate of drug-likeness (QED) is 0.719. The molecule has 1 amide bonds. The van der Waals surface area contributed by atoms with Gasteiger partial charge < -0.3 is 18.8 Å². The average Bonchev–Trinajstić information content (AvgIpc) is 2.95. The molecule has 6 nitrogen and oxygen atoms in total. The second kappa shape index (κ2) is 6.98. The van der Waals surface area contributed by atoms with Gasteiger partial charge in [0.2, 0.25) is 0 Å². The van der Waals surface area contributed by atoms with E-state index in [0.29, 0.717) is 21.9 Å². The van der Waals surface area contributed by atoms with E-state index in [2.05, 4.69) is 4.99 Å². The van der Waals surface area contributed by atoms with Gasteiger partial charge >= 0.3 is 0 Å². The molecular formula is C18H18N2O4S. The van der Waals surface area contributed by atoms with Crippen LogP contribution in [0, 0.1) is 0 Å². The Morgan fingerprint density at radius 3 is 2.20 bits per heavy atom. The van der Waals surface area contributed by atoms with Crippen molar-refractivity contribution < 1.29 is 19.0 Å². The van der Waals surface area contributed by atoms with Crippen LogP contribution in [-0.2, 0) is 7.05 Å². The monoisotopic (exact) mass is 358 g/mol. The Balaban J connectivity index is 2.07. The Bertz CT molecular complexity index is 982. The molecule has 0 aliphatic heterocycles. The molecule has 1 heterocycles. The lowest BCUT2D eigenvalue weighted by atomic mass is 10.2. The normalized spacial score (nSPS) is 11.6. The predicted octanol–water partition coefficient (Wildman–Crippen LogP) is 3.01. The number of ether oxygens (including phenoxy) is 3. The highest BCUT2D eigenvalue weighted by molar-refractivity contribution is 7.16. The summed E-state index contributed by atoms with van der Waals surface area (Å²) in [5.41, 5.74) is 1.40. The van der Waals surface area contributed by atoms with Crippen molar-refractivity contribution in [3.63, 3.8) is 0 Å². The average molecular weight is 358 g/mol. The fourth-order valence-corrected chi connectivity index (χ4v) is 3.48. The zero-order valence-electron chi connectivity index (χ0n) is 14.4. The molecule has 0 bridgehead atoms. The summed E-state index contributed by atoms with van der Waals surface area (Å²) in [4.78, 5) is 17.5. The summed E-state index contributed by atoms with van der Waals surface area (Å²) >= 11 is 1.43. The van der Waals surface area contributed by atoms with Crippen molar-refractivity contribution in [3.05, 3.63) is 46.8 Å². The smallest absolute Gasteiger partial charge is 0.279 e. The molecule has 0 atom stereocenters. The van der Waals surface area contributed by atoms with Crippen molar-refractivity contribution >= 4 is 27.5 Å². The number of thiazole rings is 1. The van der Waals surface area contributed by atoms with E-state index in [9.17, 15) is 4.79 Å². The van der Waals surface area contributed by atoms with Crippen molar-refractivity contribution in [1.29, 1.82) is 0 Å². The Morgan fingerprint density at radius 1 is 0.960 bits per heavy atom. The molecule has 3 rings (SSSR count). The van der Waals surface area contributed by atoms with Crippen LogP contribution in [0.2, 0.25) is 0 Å². The first-order valence-electron chi connectivity index (χ1n) is 7.51. The van der Waals surface area contributed by atoms with Crippen LogP contribution in [0.4, 0.5) is 0 Å². The predicted molar refractivity (Wildman–Crippen MR) is 96.8 cm³/mol. The van der Waals surface area contributed by atoms with E-state index in [1.165, 1.54) is 11.3 Å². The van der Waals surface area contributed by atoms with Gasteiger partial charge in [0.25, 0.3) is 5.91 Å². The van der Waals surface area contributed by atoms with Gasteiger partial charge in [-0.05, 0) is 30.3 Å². The maximum absolute atomic E-state index is 12.6. The second-order valence-corrected chi connectivity index (χ2v) is 6.30. The van der Waals surface area contributed by atoms with Crippen LogP contribution in [0.3, 0.4) is 0 Å². The molecule has 0 aliphatic carbocycles. The molecule has 25 heavy (non-hydrogen) atoms. The topological polar surface area (TPSA) is 62.1 Å². The lowest BCUT2D eigenvalue weighted by Gasteiger charge is -2.05. The van der Waals surface area contributed by atoms with Gasteiger partial charge in [-0.15, -0.1) is 0 Å². The number of aryl methyl sites for hydroxylation is 1. The molecule has 3 aromatic rings. The Labute approximate surface area is 148 Å². The number of benzene rings is 2. The molecule has 7 heteroatoms. The van der Waals surface area contributed by atoms with Gasteiger partial charge in [-0.3, -0.25) is 4.79 Å². The molecular weight excluding hydrogens is 340 g/mol. The Morgan fingerprint density at radius 2 is 1.60 bits per heavy atom. The third-order valence-corrected chi connectivity index (χ3v) is 4.91. The lowest BCUT2D eigenvalue weighted by molar-refractivity contribution is 0.0997. The van der Waals surface area contributed by atoms with E-state index in [1.807, 2.05) is 29.8 Å². The minimum Gasteiger partial charge on any atom is -0.497 e. The fraction of sp³-hybridized carbons (Fsp3) is 0.222. The van der Waals surface area contributed by atoms with E-state index in [-0.39, 0.29) is 5.91 Å². The highest BCUT2D eigenvalue weighted by atomic mass is 32.1. The van der Waals surface area contributed by atoms with Crippen LogP contribution >= 0.6 is 11.3 Å². The molecule has 1 aromatic heterocycles. The molecule has 0 unspecified atom stereocenters. The van der Waals surface area contributed by atoms with Crippen LogP contribution in [0.15, 0.2) is 41.4 Å². The first kappa shape index (κ1) is 17.0. The minimum atomic E-state index is -0.355. The third-order valence-electron chi connectivity index (χ3n) is 3.81. The highest BCUT2D eigenvalue weighted by Crippen LogP contribution is 2.24. The van der Waals surface area contributed by atoms with Crippen LogP contribution in [-0.4, -0.2) is 31.8 Å². The number of fused-ring (bicyclic) bond motifs is 1. The SMILES string of the molecule is COc1cc(OC)cc(C(=O)N=c2sc3cc(OC)ccc3n2C)c1. The molecule has 130 valence electrons. The number of amides is 1. The molecule has 0 aliphatic rings. The fourth-order valence-electron chi connectivity index (χ4n) is 2.43. The Hall–Kier alpha value is -2.80. The zero-order chi connectivity index (χ0) is 18.0. The van der Waals surface area contributed by atoms with Gasteiger partial charge in [0.1, 0.15) is 17.2 Å².